The summed E-state index contributed by atoms with van der Waals surface area (Å²) < 4.78 is 11.8. The summed E-state index contributed by atoms with van der Waals surface area (Å²) in [7, 11) is 0. The van der Waals surface area contributed by atoms with E-state index in [1.54, 1.807) is 0 Å². The normalized spacial score (nSPS) is 12.4. The van der Waals surface area contributed by atoms with E-state index in [9.17, 15) is 6.48 Å². The summed E-state index contributed by atoms with van der Waals surface area (Å²) in [5, 5.41) is 12.8. The van der Waals surface area contributed by atoms with Crippen molar-refractivity contribution in [3.05, 3.63) is 217 Å². The van der Waals surface area contributed by atoms with Crippen LogP contribution in [0, 0.1) is 6.07 Å². The van der Waals surface area contributed by atoms with Gasteiger partial charge in [-0.25, -0.2) is 4.98 Å². The van der Waals surface area contributed by atoms with Gasteiger partial charge in [0, 0.05) is 45.5 Å². The number of hydrogen-bond donors (Lipinski definition) is 1. The molecule has 8 aromatic carbocycles. The van der Waals surface area contributed by atoms with Crippen LogP contribution in [0.5, 0.6) is 5.75 Å². The molecule has 0 aliphatic heterocycles. The molecule has 0 fully saturated rings. The van der Waals surface area contributed by atoms with Crippen LogP contribution >= 0.6 is 0 Å². The second kappa shape index (κ2) is 20.3. The number of imidazole rings is 1. The Kier molecular flexibility index (Phi) is 13.8. The molecule has 10 aromatic rings. The number of benzene rings is 8. The van der Waals surface area contributed by atoms with Gasteiger partial charge in [0.1, 0.15) is 11.6 Å². The number of pyridine rings is 1. The Morgan fingerprint density at radius 1 is 0.500 bits per heavy atom. The quantitative estimate of drug-likeness (QED) is 0.147. The van der Waals surface area contributed by atoms with Crippen molar-refractivity contribution in [2.45, 2.75) is 98.3 Å². The van der Waals surface area contributed by atoms with Gasteiger partial charge in [-0.1, -0.05) is 227 Å². The predicted octanol–water partition coefficient (Wildman–Crippen LogP) is 18.6. The first kappa shape index (κ1) is 50.4. The number of phenolic OH excluding ortho intramolecular Hbond substituents is 1. The second-order valence-electron chi connectivity index (χ2n) is 22.8. The molecule has 0 amide bonds. The summed E-state index contributed by atoms with van der Waals surface area (Å²) in [6, 6.07) is 67.8. The van der Waals surface area contributed by atoms with E-state index in [1.165, 1.54) is 11.1 Å². The number of aromatic hydroxyl groups is 1. The number of nitrogens with zero attached hydrogens (tertiary/aromatic N) is 3. The minimum atomic E-state index is -0.936. The molecule has 0 atom stereocenters. The summed E-state index contributed by atoms with van der Waals surface area (Å²) in [5.41, 5.74) is 18.4. The number of fused-ring (bicyclic) bond motifs is 1. The van der Waals surface area contributed by atoms with Crippen molar-refractivity contribution in [3.63, 3.8) is 0 Å². The molecule has 0 saturated heterocycles. The van der Waals surface area contributed by atoms with Gasteiger partial charge < -0.3 is 5.11 Å². The number of hydrogen-bond acceptors (Lipinski definition) is 3. The number of rotatable bonds is 9. The molecule has 5 heteroatoms. The molecule has 4 nitrogen and oxygen atoms in total. The Morgan fingerprint density at radius 3 is 1.62 bits per heavy atom. The van der Waals surface area contributed by atoms with Gasteiger partial charge in [-0.05, 0) is 103 Å². The maximum atomic E-state index is 12.8. The van der Waals surface area contributed by atoms with Crippen molar-refractivity contribution >= 4 is 11.0 Å². The molecule has 0 bridgehead atoms. The average Bonchev–Trinajstić information content (AvgIpc) is 3.78. The Bertz CT molecular complexity index is 3680. The maximum Gasteiger partial charge on any atom is 0.148 e. The van der Waals surface area contributed by atoms with Crippen LogP contribution in [0.15, 0.2) is 188 Å². The van der Waals surface area contributed by atoms with Crippen molar-refractivity contribution in [2.24, 2.45) is 0 Å². The molecule has 74 heavy (non-hydrogen) atoms. The molecule has 0 aliphatic carbocycles. The molecule has 0 saturated carbocycles. The van der Waals surface area contributed by atoms with Crippen LogP contribution in [0.2, 0.25) is 0 Å². The van der Waals surface area contributed by atoms with Gasteiger partial charge >= 0.3 is 0 Å². The molecular weight excluding hydrogens is 1080 g/mol. The van der Waals surface area contributed by atoms with Crippen LogP contribution < -0.4 is 0 Å². The molecule has 0 radical (unpaired) electrons. The van der Waals surface area contributed by atoms with Crippen LogP contribution in [0.4, 0.5) is 0 Å². The summed E-state index contributed by atoms with van der Waals surface area (Å²) >= 11 is 0. The van der Waals surface area contributed by atoms with E-state index in [0.29, 0.717) is 11.4 Å². The molecule has 1 N–H and O–H groups in total. The molecule has 2 heterocycles. The van der Waals surface area contributed by atoms with Gasteiger partial charge in [-0.15, -0.1) is 29.3 Å². The summed E-state index contributed by atoms with van der Waals surface area (Å²) in [5.74, 6) is -0.106. The number of phenols is 1. The van der Waals surface area contributed by atoms with Gasteiger partial charge in [0.2, 0.25) is 0 Å². The van der Waals surface area contributed by atoms with Gasteiger partial charge in [0.05, 0.1) is 22.3 Å². The third-order valence-electron chi connectivity index (χ3n) is 14.2. The first-order chi connectivity index (χ1) is 35.1. The third kappa shape index (κ3) is 10.2. The van der Waals surface area contributed by atoms with E-state index >= 15 is 0 Å². The van der Waals surface area contributed by atoms with Gasteiger partial charge in [0.15, 0.2) is 0 Å². The van der Waals surface area contributed by atoms with Crippen molar-refractivity contribution in [2.75, 3.05) is 0 Å². The largest absolute Gasteiger partial charge is 0.507 e. The van der Waals surface area contributed by atoms with Crippen molar-refractivity contribution in [3.8, 4) is 89.7 Å². The topological polar surface area (TPSA) is 50.9 Å². The van der Waals surface area contributed by atoms with Crippen LogP contribution in [-0.2, 0) is 37.3 Å². The van der Waals surface area contributed by atoms with Crippen molar-refractivity contribution in [1.82, 2.24) is 14.5 Å². The van der Waals surface area contributed by atoms with E-state index in [4.69, 9.17) is 9.97 Å². The first-order valence-electron chi connectivity index (χ1n) is 26.0. The number of para-hydroxylation sites is 1. The second-order valence-corrected chi connectivity index (χ2v) is 22.8. The Morgan fingerprint density at radius 2 is 1.04 bits per heavy atom. The minimum Gasteiger partial charge on any atom is -0.507 e. The zero-order valence-corrected chi connectivity index (χ0v) is 46.8. The first-order valence-corrected chi connectivity index (χ1v) is 25.5. The van der Waals surface area contributed by atoms with Crippen LogP contribution in [0.1, 0.15) is 106 Å². The minimum absolute atomic E-state index is 0. The van der Waals surface area contributed by atoms with Gasteiger partial charge in [-0.3, -0.25) is 9.55 Å². The zero-order chi connectivity index (χ0) is 52.3. The molecule has 0 unspecified atom stereocenters. The average molecular weight is 1150 g/mol. The number of aromatic nitrogens is 3. The standard InChI is InChI=1S/C69H66N3O.Pt/c1-44(2)56-42-58(49-26-19-14-20-27-49)63(43-57(56)48-24-17-13-18-25-48)72-62-29-21-28-55(64(62)71-66(72)59-40-54(68(6,7)8)41-60(65(59)73)69(9,10)11)51-36-52(38-53(37-51)67(3,4)5)61-39-50(34-35-70-61)47-32-30-46(31-33-47)45-22-15-12-16-23-45;/h12-35,37-44,73H,1-11H3;/q-1;/i44D;. The smallest absolute Gasteiger partial charge is 0.148 e. The van der Waals surface area contributed by atoms with Gasteiger partial charge in [-0.2, -0.15) is 0 Å². The molecule has 374 valence electrons. The van der Waals surface area contributed by atoms with E-state index in [-0.39, 0.29) is 43.1 Å². The fourth-order valence-corrected chi connectivity index (χ4v) is 9.97. The fourth-order valence-electron chi connectivity index (χ4n) is 9.97. The molecule has 0 spiro atoms. The Balaban J connectivity index is 0.00000689. The molecular formula is C69H66N3OPt-. The molecule has 2 aromatic heterocycles. The van der Waals surface area contributed by atoms with Crippen molar-refractivity contribution < 1.29 is 27.5 Å². The fraction of sp³-hybridized carbons (Fsp3) is 0.217. The predicted molar refractivity (Wildman–Crippen MR) is 308 cm³/mol. The maximum absolute atomic E-state index is 12.8. The third-order valence-corrected chi connectivity index (χ3v) is 14.2. The zero-order valence-electron chi connectivity index (χ0n) is 45.5. The van der Waals surface area contributed by atoms with E-state index in [0.717, 1.165) is 94.7 Å². The van der Waals surface area contributed by atoms with Crippen LogP contribution in [0.3, 0.4) is 0 Å². The van der Waals surface area contributed by atoms with Crippen LogP contribution in [0.25, 0.3) is 95.0 Å². The van der Waals surface area contributed by atoms with E-state index < -0.39 is 5.89 Å². The van der Waals surface area contributed by atoms with E-state index in [1.807, 2.05) is 38.2 Å². The van der Waals surface area contributed by atoms with Crippen molar-refractivity contribution in [1.29, 1.82) is 0 Å². The Hall–Kier alpha value is -7.13. The summed E-state index contributed by atoms with van der Waals surface area (Å²) in [6.45, 7) is 23.8. The monoisotopic (exact) mass is 1150 g/mol. The van der Waals surface area contributed by atoms with Gasteiger partial charge in [0.25, 0.3) is 0 Å². The molecule has 10 rings (SSSR count). The SMILES string of the molecule is [2H]C(C)(C)c1cc(-c2ccccc2)c(-n2c(-c3cc(C(C)(C)C)cc(C(C)(C)C)c3O)nc3c(-c4[c-]c(-c5cc(-c6ccc(-c7ccccc7)cc6)ccn5)cc(C(C)(C)C)c4)cccc32)cc1-c1ccccc1.[Pt]. The van der Waals surface area contributed by atoms with Crippen LogP contribution in [-0.4, -0.2) is 19.6 Å². The van der Waals surface area contributed by atoms with E-state index in [2.05, 4.69) is 237 Å². The summed E-state index contributed by atoms with van der Waals surface area (Å²) in [4.78, 5) is 10.7. The Labute approximate surface area is 454 Å². The molecule has 0 aliphatic rings. The summed E-state index contributed by atoms with van der Waals surface area (Å²) in [6.07, 6.45) is 1.90.